The molecule has 0 radical (unpaired) electrons. The smallest absolute Gasteiger partial charge is 0.254 e. The Labute approximate surface area is 205 Å². The third-order valence-electron chi connectivity index (χ3n) is 7.99. The van der Waals surface area contributed by atoms with Crippen LogP contribution in [0.2, 0.25) is 0 Å². The van der Waals surface area contributed by atoms with E-state index >= 15 is 0 Å². The second kappa shape index (κ2) is 8.63. The SMILES string of the molecule is Cc1ccc(C)c2[nH]c(=O)c([C@@H](c3nnnn3C3CCCCC3)N3c4ccccc4C[C@H]3C)cc12. The minimum absolute atomic E-state index is 0.0778. The van der Waals surface area contributed by atoms with Gasteiger partial charge in [0.1, 0.15) is 6.04 Å². The number of anilines is 1. The van der Waals surface area contributed by atoms with Crippen molar-refractivity contribution in [2.75, 3.05) is 4.90 Å². The zero-order valence-electron chi connectivity index (χ0n) is 20.7. The van der Waals surface area contributed by atoms with Gasteiger partial charge in [-0.2, -0.15) is 0 Å². The Hall–Kier alpha value is -3.48. The molecule has 1 saturated carbocycles. The summed E-state index contributed by atoms with van der Waals surface area (Å²) < 4.78 is 2.02. The maximum Gasteiger partial charge on any atom is 0.254 e. The van der Waals surface area contributed by atoms with Gasteiger partial charge in [-0.15, -0.1) is 5.10 Å². The molecule has 35 heavy (non-hydrogen) atoms. The molecular weight excluding hydrogens is 436 g/mol. The van der Waals surface area contributed by atoms with Crippen molar-refractivity contribution in [3.8, 4) is 0 Å². The fourth-order valence-electron chi connectivity index (χ4n) is 6.16. The molecule has 0 spiro atoms. The second-order valence-electron chi connectivity index (χ2n) is 10.3. The largest absolute Gasteiger partial charge is 0.354 e. The molecule has 4 aromatic rings. The highest BCUT2D eigenvalue weighted by atomic mass is 16.1. The van der Waals surface area contributed by atoms with Crippen molar-refractivity contribution >= 4 is 16.6 Å². The van der Waals surface area contributed by atoms with E-state index in [9.17, 15) is 4.79 Å². The van der Waals surface area contributed by atoms with Crippen molar-refractivity contribution in [1.82, 2.24) is 25.2 Å². The number of hydrogen-bond donors (Lipinski definition) is 1. The van der Waals surface area contributed by atoms with Crippen molar-refractivity contribution in [3.63, 3.8) is 0 Å². The van der Waals surface area contributed by atoms with E-state index in [0.717, 1.165) is 52.8 Å². The van der Waals surface area contributed by atoms with Crippen molar-refractivity contribution in [2.24, 2.45) is 0 Å². The molecule has 2 atom stereocenters. The van der Waals surface area contributed by atoms with Gasteiger partial charge >= 0.3 is 0 Å². The van der Waals surface area contributed by atoms with Gasteiger partial charge in [0, 0.05) is 22.7 Å². The highest BCUT2D eigenvalue weighted by Gasteiger charge is 2.39. The molecule has 7 heteroatoms. The summed E-state index contributed by atoms with van der Waals surface area (Å²) in [5.74, 6) is 0.760. The van der Waals surface area contributed by atoms with E-state index in [2.05, 4.69) is 81.7 Å². The number of aryl methyl sites for hydroxylation is 2. The number of rotatable bonds is 4. The molecule has 0 bridgehead atoms. The van der Waals surface area contributed by atoms with Crippen molar-refractivity contribution in [2.45, 2.75) is 77.4 Å². The predicted molar refractivity (Wildman–Crippen MR) is 138 cm³/mol. The molecule has 1 aliphatic heterocycles. The van der Waals surface area contributed by atoms with Crippen molar-refractivity contribution in [3.05, 3.63) is 80.9 Å². The summed E-state index contributed by atoms with van der Waals surface area (Å²) in [6, 6.07) is 14.9. The van der Waals surface area contributed by atoms with Gasteiger partial charge in [-0.05, 0) is 79.3 Å². The van der Waals surface area contributed by atoms with Gasteiger partial charge in [-0.25, -0.2) is 4.68 Å². The van der Waals surface area contributed by atoms with Crippen LogP contribution in [0.5, 0.6) is 0 Å². The lowest BCUT2D eigenvalue weighted by molar-refractivity contribution is 0.312. The summed E-state index contributed by atoms with van der Waals surface area (Å²) in [6.45, 7) is 6.36. The Balaban J connectivity index is 1.59. The molecule has 1 N–H and O–H groups in total. The predicted octanol–water partition coefficient (Wildman–Crippen LogP) is 5.18. The molecule has 2 aromatic carbocycles. The maximum absolute atomic E-state index is 13.7. The topological polar surface area (TPSA) is 79.7 Å². The lowest BCUT2D eigenvalue weighted by Gasteiger charge is -2.34. The lowest BCUT2D eigenvalue weighted by Crippen LogP contribution is -2.39. The minimum Gasteiger partial charge on any atom is -0.354 e. The van der Waals surface area contributed by atoms with Crippen LogP contribution in [-0.2, 0) is 6.42 Å². The fraction of sp³-hybridized carbons (Fsp3) is 0.429. The van der Waals surface area contributed by atoms with Crippen LogP contribution in [0.3, 0.4) is 0 Å². The molecule has 7 nitrogen and oxygen atoms in total. The summed E-state index contributed by atoms with van der Waals surface area (Å²) in [5, 5.41) is 14.3. The minimum atomic E-state index is -0.376. The Bertz CT molecular complexity index is 1450. The summed E-state index contributed by atoms with van der Waals surface area (Å²) >= 11 is 0. The van der Waals surface area contributed by atoms with Crippen LogP contribution in [0.25, 0.3) is 10.9 Å². The first-order chi connectivity index (χ1) is 17.0. The molecule has 180 valence electrons. The summed E-state index contributed by atoms with van der Waals surface area (Å²) in [5.41, 5.74) is 6.18. The second-order valence-corrected chi connectivity index (χ2v) is 10.3. The quantitative estimate of drug-likeness (QED) is 0.447. The van der Waals surface area contributed by atoms with Gasteiger partial charge in [0.25, 0.3) is 5.56 Å². The van der Waals surface area contributed by atoms with Crippen LogP contribution < -0.4 is 10.5 Å². The average molecular weight is 469 g/mol. The lowest BCUT2D eigenvalue weighted by atomic mass is 9.94. The van der Waals surface area contributed by atoms with Crippen LogP contribution >= 0.6 is 0 Å². The van der Waals surface area contributed by atoms with Gasteiger partial charge in [0.05, 0.1) is 11.6 Å². The van der Waals surface area contributed by atoms with Crippen LogP contribution in [0.1, 0.15) is 79.2 Å². The van der Waals surface area contributed by atoms with Crippen molar-refractivity contribution in [1.29, 1.82) is 0 Å². The van der Waals surface area contributed by atoms with E-state index in [1.54, 1.807) is 0 Å². The van der Waals surface area contributed by atoms with Crippen molar-refractivity contribution < 1.29 is 0 Å². The molecule has 0 amide bonds. The van der Waals surface area contributed by atoms with E-state index in [1.165, 1.54) is 24.8 Å². The number of aromatic amines is 1. The van der Waals surface area contributed by atoms with E-state index < -0.39 is 0 Å². The molecule has 0 unspecified atom stereocenters. The zero-order chi connectivity index (χ0) is 24.1. The summed E-state index contributed by atoms with van der Waals surface area (Å²) in [7, 11) is 0. The molecular formula is C28H32N6O. The number of benzene rings is 2. The van der Waals surface area contributed by atoms with Crippen LogP contribution in [0.4, 0.5) is 5.69 Å². The van der Waals surface area contributed by atoms with E-state index in [-0.39, 0.29) is 23.7 Å². The Morgan fingerprint density at radius 1 is 1.03 bits per heavy atom. The zero-order valence-corrected chi connectivity index (χ0v) is 20.7. The van der Waals surface area contributed by atoms with Gasteiger partial charge in [0.2, 0.25) is 0 Å². The fourth-order valence-corrected chi connectivity index (χ4v) is 6.16. The van der Waals surface area contributed by atoms with Gasteiger partial charge < -0.3 is 9.88 Å². The first-order valence-corrected chi connectivity index (χ1v) is 12.8. The number of fused-ring (bicyclic) bond motifs is 2. The number of H-pyrrole nitrogens is 1. The summed E-state index contributed by atoms with van der Waals surface area (Å²) in [4.78, 5) is 19.3. The first kappa shape index (κ1) is 22.0. The molecule has 2 aromatic heterocycles. The number of pyridine rings is 1. The molecule has 1 aliphatic carbocycles. The number of tetrazole rings is 1. The van der Waals surface area contributed by atoms with Crippen LogP contribution in [0.15, 0.2) is 47.3 Å². The number of para-hydroxylation sites is 1. The maximum atomic E-state index is 13.7. The normalized spacial score (nSPS) is 19.3. The van der Waals surface area contributed by atoms with Gasteiger partial charge in [-0.1, -0.05) is 49.6 Å². The molecule has 2 aliphatic rings. The summed E-state index contributed by atoms with van der Waals surface area (Å²) in [6.07, 6.45) is 6.71. The molecule has 6 rings (SSSR count). The number of nitrogens with zero attached hydrogens (tertiary/aromatic N) is 5. The molecule has 1 fully saturated rings. The van der Waals surface area contributed by atoms with Crippen LogP contribution in [0, 0.1) is 13.8 Å². The number of aromatic nitrogens is 5. The van der Waals surface area contributed by atoms with E-state index in [0.29, 0.717) is 5.56 Å². The van der Waals surface area contributed by atoms with E-state index in [4.69, 9.17) is 0 Å². The third-order valence-corrected chi connectivity index (χ3v) is 7.99. The standard InChI is InChI=1S/C28H32N6O/c1-17-13-14-18(2)25-22(17)16-23(28(35)29-25)26(33-19(3)15-20-9-7-8-12-24(20)33)27-30-31-32-34(27)21-10-5-4-6-11-21/h7-9,12-14,16,19,21,26H,4-6,10-11,15H2,1-3H3,(H,29,35)/t19-,26+/m1/s1. The number of nitrogens with one attached hydrogen (secondary N) is 1. The number of hydrogen-bond acceptors (Lipinski definition) is 5. The average Bonchev–Trinajstić information content (AvgIpc) is 3.48. The highest BCUT2D eigenvalue weighted by molar-refractivity contribution is 5.85. The Morgan fingerprint density at radius 2 is 1.80 bits per heavy atom. The van der Waals surface area contributed by atoms with Gasteiger partial charge in [0.15, 0.2) is 5.82 Å². The van der Waals surface area contributed by atoms with Gasteiger partial charge in [-0.3, -0.25) is 4.79 Å². The highest BCUT2D eigenvalue weighted by Crippen LogP contribution is 2.42. The Kier molecular flexibility index (Phi) is 5.43. The first-order valence-electron chi connectivity index (χ1n) is 12.8. The Morgan fingerprint density at radius 3 is 2.63 bits per heavy atom. The van der Waals surface area contributed by atoms with Crippen LogP contribution in [-0.4, -0.2) is 31.2 Å². The monoisotopic (exact) mass is 468 g/mol. The molecule has 3 heterocycles. The molecule has 0 saturated heterocycles. The van der Waals surface area contributed by atoms with E-state index in [1.807, 2.05) is 11.6 Å². The third kappa shape index (κ3) is 3.65.